The van der Waals surface area contributed by atoms with Crippen LogP contribution >= 0.6 is 0 Å². The van der Waals surface area contributed by atoms with Gasteiger partial charge in [-0.05, 0) is 70.7 Å². The Labute approximate surface area is 249 Å². The van der Waals surface area contributed by atoms with Crippen molar-refractivity contribution >= 4 is 15.9 Å². The van der Waals surface area contributed by atoms with E-state index in [-0.39, 0.29) is 5.91 Å². The summed E-state index contributed by atoms with van der Waals surface area (Å²) in [5.74, 6) is -1.18. The predicted octanol–water partition coefficient (Wildman–Crippen LogP) is 2.14. The molecule has 4 saturated heterocycles. The van der Waals surface area contributed by atoms with Crippen LogP contribution in [0.15, 0.2) is 36.9 Å². The monoisotopic (exact) mass is 597 g/mol. The molecule has 4 aliphatic heterocycles. The first-order chi connectivity index (χ1) is 20.3. The maximum atomic E-state index is 15.6. The first-order valence-corrected chi connectivity index (χ1v) is 17.3. The normalized spacial score (nSPS) is 31.3. The molecule has 1 amide bonds. The van der Waals surface area contributed by atoms with Gasteiger partial charge in [0.2, 0.25) is 15.8 Å². The summed E-state index contributed by atoms with van der Waals surface area (Å²) in [6.45, 7) is 5.67. The summed E-state index contributed by atoms with van der Waals surface area (Å²) in [7, 11) is -4.01. The highest BCUT2D eigenvalue weighted by atomic mass is 32.2. The number of rotatable bonds is 6. The number of nitrogens with zero attached hydrogens (tertiary/aromatic N) is 9. The van der Waals surface area contributed by atoms with Crippen molar-refractivity contribution in [3.05, 3.63) is 48.6 Å². The molecular weight excluding hydrogens is 554 g/mol. The minimum atomic E-state index is -4.01. The van der Waals surface area contributed by atoms with E-state index in [9.17, 15) is 8.42 Å². The Kier molecular flexibility index (Phi) is 8.31. The number of likely N-dealkylation sites (tertiary alicyclic amines) is 2. The molecular formula is C29H43N9O3S. The van der Waals surface area contributed by atoms with Crippen LogP contribution in [0.1, 0.15) is 76.4 Å². The number of carbonyl (C=O) groups is 1. The van der Waals surface area contributed by atoms with Gasteiger partial charge in [0.25, 0.3) is 5.91 Å². The van der Waals surface area contributed by atoms with E-state index in [2.05, 4.69) is 24.8 Å². The molecule has 0 aromatic carbocycles. The zero-order valence-corrected chi connectivity index (χ0v) is 25.6. The SMILES string of the molecule is CC1(c2ncccn2)C(=O)N(N2CCCCC2)C(c2ncccn2)(N2CCCCC2)N(S(C)(=O)=O)C1N1CCCCC1. The minimum absolute atomic E-state index is 0.218. The lowest BCUT2D eigenvalue weighted by Gasteiger charge is -2.65. The van der Waals surface area contributed by atoms with E-state index >= 15 is 4.79 Å². The van der Waals surface area contributed by atoms with Gasteiger partial charge in [-0.1, -0.05) is 19.3 Å². The predicted molar refractivity (Wildman–Crippen MR) is 157 cm³/mol. The number of piperidine rings is 3. The third kappa shape index (κ3) is 4.83. The van der Waals surface area contributed by atoms with Crippen LogP contribution in [0.3, 0.4) is 0 Å². The molecule has 42 heavy (non-hydrogen) atoms. The minimum Gasteiger partial charge on any atom is -0.286 e. The number of aromatic nitrogens is 4. The molecule has 3 atom stereocenters. The van der Waals surface area contributed by atoms with Gasteiger partial charge < -0.3 is 0 Å². The molecule has 0 N–H and O–H groups in total. The third-order valence-corrected chi connectivity index (χ3v) is 10.5. The number of hydrogen-bond donors (Lipinski definition) is 0. The van der Waals surface area contributed by atoms with Gasteiger partial charge in [0, 0.05) is 51.0 Å². The van der Waals surface area contributed by atoms with Crippen molar-refractivity contribution < 1.29 is 13.2 Å². The van der Waals surface area contributed by atoms with Crippen molar-refractivity contribution in [2.75, 3.05) is 45.5 Å². The average Bonchev–Trinajstić information content (AvgIpc) is 3.03. The number of hydrogen-bond acceptors (Lipinski definition) is 10. The van der Waals surface area contributed by atoms with Gasteiger partial charge in [0.15, 0.2) is 5.82 Å². The van der Waals surface area contributed by atoms with Crippen molar-refractivity contribution in [2.45, 2.75) is 82.1 Å². The molecule has 0 bridgehead atoms. The molecule has 0 spiro atoms. The van der Waals surface area contributed by atoms with Crippen LogP contribution in [-0.2, 0) is 26.0 Å². The fourth-order valence-electron chi connectivity index (χ4n) is 7.53. The molecule has 6 heterocycles. The molecule has 12 nitrogen and oxygen atoms in total. The zero-order chi connectivity index (χ0) is 29.4. The Morgan fingerprint density at radius 1 is 0.714 bits per heavy atom. The van der Waals surface area contributed by atoms with Gasteiger partial charge in [0.05, 0.1) is 6.26 Å². The summed E-state index contributed by atoms with van der Waals surface area (Å²) in [6, 6.07) is 3.46. The van der Waals surface area contributed by atoms with E-state index in [1.807, 2.05) is 6.92 Å². The van der Waals surface area contributed by atoms with Crippen molar-refractivity contribution in [1.29, 1.82) is 0 Å². The highest BCUT2D eigenvalue weighted by Gasteiger charge is 2.72. The molecule has 228 valence electrons. The second kappa shape index (κ2) is 11.8. The number of amides is 1. The summed E-state index contributed by atoms with van der Waals surface area (Å²) < 4.78 is 30.7. The van der Waals surface area contributed by atoms with Crippen LogP contribution < -0.4 is 0 Å². The fourth-order valence-corrected chi connectivity index (χ4v) is 8.97. The van der Waals surface area contributed by atoms with Gasteiger partial charge in [-0.15, -0.1) is 4.31 Å². The Bertz CT molecular complexity index is 1330. The lowest BCUT2D eigenvalue weighted by Crippen LogP contribution is -2.85. The van der Waals surface area contributed by atoms with E-state index in [1.54, 1.807) is 46.2 Å². The van der Waals surface area contributed by atoms with E-state index in [0.717, 1.165) is 57.8 Å². The second-order valence-corrected chi connectivity index (χ2v) is 14.1. The van der Waals surface area contributed by atoms with Crippen LogP contribution in [0.25, 0.3) is 0 Å². The van der Waals surface area contributed by atoms with E-state index in [0.29, 0.717) is 50.9 Å². The summed E-state index contributed by atoms with van der Waals surface area (Å²) in [6.07, 6.45) is 15.6. The summed E-state index contributed by atoms with van der Waals surface area (Å²) in [5.41, 5.74) is -1.40. The van der Waals surface area contributed by atoms with Gasteiger partial charge in [-0.3, -0.25) is 14.6 Å². The highest BCUT2D eigenvalue weighted by Crippen LogP contribution is 2.51. The molecule has 4 fully saturated rings. The molecule has 0 radical (unpaired) electrons. The van der Waals surface area contributed by atoms with Crippen LogP contribution in [0.5, 0.6) is 0 Å². The molecule has 3 unspecified atom stereocenters. The molecule has 0 aliphatic carbocycles. The highest BCUT2D eigenvalue weighted by molar-refractivity contribution is 7.88. The molecule has 2 aromatic rings. The Morgan fingerprint density at radius 2 is 1.19 bits per heavy atom. The number of carbonyl (C=O) groups excluding carboxylic acids is 1. The zero-order valence-electron chi connectivity index (χ0n) is 24.8. The number of sulfonamides is 1. The quantitative estimate of drug-likeness (QED) is 0.490. The summed E-state index contributed by atoms with van der Waals surface area (Å²) >= 11 is 0. The Hall–Kier alpha value is -2.58. The molecule has 0 saturated carbocycles. The lowest BCUT2D eigenvalue weighted by atomic mass is 9.79. The summed E-state index contributed by atoms with van der Waals surface area (Å²) in [5, 5.41) is 3.78. The Balaban J connectivity index is 1.71. The van der Waals surface area contributed by atoms with Gasteiger partial charge in [0.1, 0.15) is 17.4 Å². The Morgan fingerprint density at radius 3 is 1.71 bits per heavy atom. The van der Waals surface area contributed by atoms with Crippen molar-refractivity contribution in [3.63, 3.8) is 0 Å². The standard InChI is InChI=1S/C29H43N9O3S/c1-28(24-30-14-12-15-31-24)26(34-18-6-3-7-19-34)38(42(2,40)41)29(25-32-16-13-17-33-25,35-20-8-4-9-21-35)37(27(28)39)36-22-10-5-11-23-36/h12-17,26H,3-11,18-23H2,1-2H3. The van der Waals surface area contributed by atoms with Crippen LogP contribution in [0.2, 0.25) is 0 Å². The topological polar surface area (TPSA) is 119 Å². The van der Waals surface area contributed by atoms with Crippen molar-refractivity contribution in [2.24, 2.45) is 0 Å². The average molecular weight is 598 g/mol. The van der Waals surface area contributed by atoms with Crippen LogP contribution in [-0.4, -0.2) is 110 Å². The summed E-state index contributed by atoms with van der Waals surface area (Å²) in [4.78, 5) is 38.7. The van der Waals surface area contributed by atoms with E-state index in [4.69, 9.17) is 9.97 Å². The maximum absolute atomic E-state index is 15.6. The van der Waals surface area contributed by atoms with Crippen LogP contribution in [0, 0.1) is 0 Å². The first kappa shape index (κ1) is 29.5. The number of hydrazine groups is 1. The maximum Gasteiger partial charge on any atom is 0.256 e. The van der Waals surface area contributed by atoms with Crippen molar-refractivity contribution in [1.82, 2.24) is 44.1 Å². The van der Waals surface area contributed by atoms with Gasteiger partial charge in [-0.25, -0.2) is 38.4 Å². The fraction of sp³-hybridized carbons (Fsp3) is 0.690. The largest absolute Gasteiger partial charge is 0.286 e. The lowest BCUT2D eigenvalue weighted by molar-refractivity contribution is -0.283. The third-order valence-electron chi connectivity index (χ3n) is 9.38. The van der Waals surface area contributed by atoms with E-state index in [1.165, 1.54) is 6.26 Å². The van der Waals surface area contributed by atoms with Gasteiger partial charge >= 0.3 is 0 Å². The molecule has 13 heteroatoms. The van der Waals surface area contributed by atoms with E-state index < -0.39 is 27.4 Å². The first-order valence-electron chi connectivity index (χ1n) is 15.4. The second-order valence-electron chi connectivity index (χ2n) is 12.2. The molecule has 2 aromatic heterocycles. The van der Waals surface area contributed by atoms with Gasteiger partial charge in [-0.2, -0.15) is 0 Å². The van der Waals surface area contributed by atoms with Crippen LogP contribution in [0.4, 0.5) is 0 Å². The molecule has 6 rings (SSSR count). The van der Waals surface area contributed by atoms with Crippen molar-refractivity contribution in [3.8, 4) is 0 Å². The molecule has 4 aliphatic rings. The smallest absolute Gasteiger partial charge is 0.256 e.